The van der Waals surface area contributed by atoms with Crippen LogP contribution in [0.1, 0.15) is 354 Å². The number of aliphatic hydroxyl groups excluding tert-OH is 2. The van der Waals surface area contributed by atoms with Crippen molar-refractivity contribution in [1.82, 2.24) is 5.32 Å². The molecule has 0 aliphatic heterocycles. The molecule has 3 N–H and O–H groups in total. The molecule has 0 aliphatic rings. The van der Waals surface area contributed by atoms with Crippen LogP contribution >= 0.6 is 0 Å². The van der Waals surface area contributed by atoms with Crippen molar-refractivity contribution >= 4 is 5.91 Å². The molecule has 1 amide bonds. The van der Waals surface area contributed by atoms with E-state index in [4.69, 9.17) is 0 Å². The molecule has 0 radical (unpaired) electrons. The predicted molar refractivity (Wildman–Crippen MR) is 327 cm³/mol. The van der Waals surface area contributed by atoms with Crippen LogP contribution in [0.15, 0.2) is 60.8 Å². The molecule has 73 heavy (non-hydrogen) atoms. The molecule has 0 bridgehead atoms. The van der Waals surface area contributed by atoms with Crippen LogP contribution in [-0.2, 0) is 4.79 Å². The highest BCUT2D eigenvalue weighted by Crippen LogP contribution is 2.18. The Morgan fingerprint density at radius 1 is 0.342 bits per heavy atom. The zero-order chi connectivity index (χ0) is 52.7. The Labute approximate surface area is 457 Å². The summed E-state index contributed by atoms with van der Waals surface area (Å²) in [7, 11) is 0. The predicted octanol–water partition coefficient (Wildman–Crippen LogP) is 22.3. The molecule has 0 aromatic rings. The lowest BCUT2D eigenvalue weighted by Gasteiger charge is -2.20. The Bertz CT molecular complexity index is 1200. The maximum atomic E-state index is 12.5. The van der Waals surface area contributed by atoms with Gasteiger partial charge in [-0.25, -0.2) is 0 Å². The van der Waals surface area contributed by atoms with Gasteiger partial charge in [-0.05, 0) is 57.8 Å². The zero-order valence-electron chi connectivity index (χ0n) is 49.4. The first kappa shape index (κ1) is 71.1. The van der Waals surface area contributed by atoms with E-state index in [0.29, 0.717) is 6.42 Å². The van der Waals surface area contributed by atoms with E-state index in [-0.39, 0.29) is 12.5 Å². The number of carbonyl (C=O) groups is 1. The molecule has 0 rings (SSSR count). The number of carbonyl (C=O) groups excluding carboxylic acids is 1. The fourth-order valence-corrected chi connectivity index (χ4v) is 10.3. The van der Waals surface area contributed by atoms with Crippen molar-refractivity contribution in [2.45, 2.75) is 366 Å². The fraction of sp³-hybridized carbons (Fsp3) is 0.841. The molecule has 0 aliphatic carbocycles. The minimum atomic E-state index is -0.842. The highest BCUT2D eigenvalue weighted by atomic mass is 16.3. The summed E-state index contributed by atoms with van der Waals surface area (Å²) in [5, 5.41) is 23.3. The number of hydrogen-bond donors (Lipinski definition) is 3. The Balaban J connectivity index is 3.44. The molecule has 428 valence electrons. The van der Waals surface area contributed by atoms with Gasteiger partial charge in [-0.1, -0.05) is 351 Å². The lowest BCUT2D eigenvalue weighted by Crippen LogP contribution is -2.45. The first-order chi connectivity index (χ1) is 36.2. The average Bonchev–Trinajstić information content (AvgIpc) is 3.40. The van der Waals surface area contributed by atoms with Gasteiger partial charge in [0.1, 0.15) is 0 Å². The van der Waals surface area contributed by atoms with Crippen molar-refractivity contribution in [2.24, 2.45) is 0 Å². The highest BCUT2D eigenvalue weighted by Gasteiger charge is 2.18. The quantitative estimate of drug-likeness (QED) is 0.0420. The molecule has 2 unspecified atom stereocenters. The van der Waals surface area contributed by atoms with E-state index in [1.807, 2.05) is 6.08 Å². The van der Waals surface area contributed by atoms with Gasteiger partial charge in [0, 0.05) is 6.42 Å². The summed E-state index contributed by atoms with van der Waals surface area (Å²) in [4.78, 5) is 12.5. The Hall–Kier alpha value is -1.91. The summed E-state index contributed by atoms with van der Waals surface area (Å²) in [5.41, 5.74) is 0. The van der Waals surface area contributed by atoms with Gasteiger partial charge in [0.2, 0.25) is 5.91 Å². The molecule has 0 saturated heterocycles. The summed E-state index contributed by atoms with van der Waals surface area (Å²) in [6, 6.07) is -0.625. The number of unbranched alkanes of at least 4 members (excludes halogenated alkanes) is 46. The van der Waals surface area contributed by atoms with E-state index in [1.54, 1.807) is 6.08 Å². The van der Waals surface area contributed by atoms with Gasteiger partial charge in [-0.3, -0.25) is 4.79 Å². The second kappa shape index (κ2) is 64.4. The van der Waals surface area contributed by atoms with Crippen molar-refractivity contribution in [3.8, 4) is 0 Å². The topological polar surface area (TPSA) is 69.6 Å². The fourth-order valence-electron chi connectivity index (χ4n) is 10.3. The van der Waals surface area contributed by atoms with Gasteiger partial charge < -0.3 is 15.5 Å². The lowest BCUT2D eigenvalue weighted by molar-refractivity contribution is -0.123. The highest BCUT2D eigenvalue weighted by molar-refractivity contribution is 5.76. The normalized spacial score (nSPS) is 13.1. The number of nitrogens with one attached hydrogen (secondary N) is 1. The molecule has 0 fully saturated rings. The Morgan fingerprint density at radius 3 is 0.904 bits per heavy atom. The number of amides is 1. The van der Waals surface area contributed by atoms with Crippen LogP contribution in [0.3, 0.4) is 0 Å². The minimum Gasteiger partial charge on any atom is -0.394 e. The first-order valence-electron chi connectivity index (χ1n) is 33.0. The third-order valence-corrected chi connectivity index (χ3v) is 15.3. The molecule has 0 spiro atoms. The van der Waals surface area contributed by atoms with Crippen LogP contribution in [0.25, 0.3) is 0 Å². The summed E-state index contributed by atoms with van der Waals surface area (Å²) in [6.45, 7) is 4.23. The number of hydrogen-bond acceptors (Lipinski definition) is 3. The first-order valence-corrected chi connectivity index (χ1v) is 33.0. The molecule has 4 nitrogen and oxygen atoms in total. The second-order valence-corrected chi connectivity index (χ2v) is 22.5. The van der Waals surface area contributed by atoms with Gasteiger partial charge in [0.15, 0.2) is 0 Å². The van der Waals surface area contributed by atoms with Crippen LogP contribution in [0.4, 0.5) is 0 Å². The zero-order valence-corrected chi connectivity index (χ0v) is 49.4. The smallest absolute Gasteiger partial charge is 0.220 e. The third kappa shape index (κ3) is 60.8. The summed E-state index contributed by atoms with van der Waals surface area (Å²) in [5.74, 6) is -0.0600. The maximum absolute atomic E-state index is 12.5. The van der Waals surface area contributed by atoms with Crippen LogP contribution in [0, 0.1) is 0 Å². The maximum Gasteiger partial charge on any atom is 0.220 e. The van der Waals surface area contributed by atoms with E-state index in [2.05, 4.69) is 67.8 Å². The largest absolute Gasteiger partial charge is 0.394 e. The molecule has 2 atom stereocenters. The molecular formula is C69H129NO3. The summed E-state index contributed by atoms with van der Waals surface area (Å²) < 4.78 is 0. The van der Waals surface area contributed by atoms with Crippen molar-refractivity contribution in [1.29, 1.82) is 0 Å². The van der Waals surface area contributed by atoms with Crippen LogP contribution in [0.2, 0.25) is 0 Å². The molecule has 4 heteroatoms. The van der Waals surface area contributed by atoms with Gasteiger partial charge in [-0.2, -0.15) is 0 Å². The van der Waals surface area contributed by atoms with Gasteiger partial charge >= 0.3 is 0 Å². The van der Waals surface area contributed by atoms with E-state index in [9.17, 15) is 15.0 Å². The van der Waals surface area contributed by atoms with Crippen molar-refractivity contribution in [2.75, 3.05) is 6.61 Å². The Kier molecular flexibility index (Phi) is 62.7. The standard InChI is InChI=1S/C69H129NO3/c1-3-5-7-9-11-13-15-17-19-21-23-25-27-29-31-33-34-35-37-38-40-42-44-46-48-50-52-54-56-58-60-62-64-68(72)67(66-71)70-69(73)65-63-61-59-57-55-53-51-49-47-45-43-41-39-36-32-30-28-26-24-22-20-18-16-14-12-10-8-6-4-2/h6,8,12,14,18,20,24,26,62,64,67-68,71-72H,3-5,7,9-11,13,15-17,19,21-23,25,27-61,63,65-66H2,1-2H3,(H,70,73)/b8-6-,14-12-,20-18-,26-24-,64-62+. The van der Waals surface area contributed by atoms with Crippen molar-refractivity contribution in [3.63, 3.8) is 0 Å². The monoisotopic (exact) mass is 1020 g/mol. The SMILES string of the molecule is CC/C=C\C/C=C\C/C=C\C/C=C\CCCCCCCCCCCCCCCCCCC(=O)NC(CO)C(O)/C=C/CCCCCCCCCCCCCCCCCCCCCCCCCCCCCCCC. The number of allylic oxidation sites excluding steroid dienone is 9. The molecule has 0 heterocycles. The van der Waals surface area contributed by atoms with E-state index < -0.39 is 12.1 Å². The summed E-state index contributed by atoms with van der Waals surface area (Å²) in [6.07, 6.45) is 91.5. The van der Waals surface area contributed by atoms with Crippen LogP contribution in [-0.4, -0.2) is 34.9 Å². The van der Waals surface area contributed by atoms with Gasteiger partial charge in [0.05, 0.1) is 18.8 Å². The molecule has 0 aromatic heterocycles. The van der Waals surface area contributed by atoms with Gasteiger partial charge in [0.25, 0.3) is 0 Å². The van der Waals surface area contributed by atoms with Crippen molar-refractivity contribution in [3.05, 3.63) is 60.8 Å². The number of aliphatic hydroxyl groups is 2. The Morgan fingerprint density at radius 2 is 0.603 bits per heavy atom. The molecule has 0 saturated carbocycles. The third-order valence-electron chi connectivity index (χ3n) is 15.3. The van der Waals surface area contributed by atoms with Crippen LogP contribution < -0.4 is 5.32 Å². The van der Waals surface area contributed by atoms with Crippen LogP contribution in [0.5, 0.6) is 0 Å². The van der Waals surface area contributed by atoms with Gasteiger partial charge in [-0.15, -0.1) is 0 Å². The molecule has 0 aromatic carbocycles. The van der Waals surface area contributed by atoms with Crippen molar-refractivity contribution < 1.29 is 15.0 Å². The second-order valence-electron chi connectivity index (χ2n) is 22.5. The van der Waals surface area contributed by atoms with E-state index in [1.165, 1.54) is 283 Å². The summed E-state index contributed by atoms with van der Waals surface area (Å²) >= 11 is 0. The minimum absolute atomic E-state index is 0.0600. The average molecular weight is 1020 g/mol. The lowest BCUT2D eigenvalue weighted by atomic mass is 10.0. The van der Waals surface area contributed by atoms with E-state index in [0.717, 1.165) is 51.4 Å². The number of rotatable bonds is 61. The molecular weight excluding hydrogens is 891 g/mol. The van der Waals surface area contributed by atoms with E-state index >= 15 is 0 Å².